The molecule has 0 radical (unpaired) electrons. The normalized spacial score (nSPS) is 28.4. The number of ketones is 1. The van der Waals surface area contributed by atoms with Gasteiger partial charge in [0.05, 0.1) is 0 Å². The molecule has 18 heavy (non-hydrogen) atoms. The number of hydrogen-bond acceptors (Lipinski definition) is 3. The smallest absolute Gasteiger partial charge is 0.156 e. The van der Waals surface area contributed by atoms with Gasteiger partial charge in [-0.15, -0.1) is 0 Å². The molecule has 1 N–H and O–H groups in total. The first-order valence-electron chi connectivity index (χ1n) is 5.98. The second-order valence-electron chi connectivity index (χ2n) is 5.50. The van der Waals surface area contributed by atoms with Gasteiger partial charge < -0.3 is 5.11 Å². The zero-order chi connectivity index (χ0) is 14.0. The highest BCUT2D eigenvalue weighted by Gasteiger charge is 2.46. The molecule has 0 aromatic carbocycles. The molecule has 0 saturated carbocycles. The van der Waals surface area contributed by atoms with Crippen molar-refractivity contribution in [3.8, 4) is 0 Å². The molecule has 3 heteroatoms. The number of hydrogen-bond donors (Lipinski definition) is 1. The highest BCUT2D eigenvalue weighted by Crippen LogP contribution is 2.44. The lowest BCUT2D eigenvalue weighted by Gasteiger charge is -2.43. The second kappa shape index (κ2) is 5.02. The predicted molar refractivity (Wildman–Crippen MR) is 71.1 cm³/mol. The molecular weight excluding hydrogens is 228 g/mol. The SMILES string of the molecule is CC1=CC(=O)CC(C)(C)C1(O)C=C/C(C)=C\C=O. The molecule has 0 fully saturated rings. The van der Waals surface area contributed by atoms with Crippen LogP contribution in [0.3, 0.4) is 0 Å². The highest BCUT2D eigenvalue weighted by molar-refractivity contribution is 5.92. The number of carbonyl (C=O) groups is 2. The second-order valence-corrected chi connectivity index (χ2v) is 5.50. The van der Waals surface area contributed by atoms with Crippen molar-refractivity contribution in [3.05, 3.63) is 35.5 Å². The minimum atomic E-state index is -1.15. The fourth-order valence-electron chi connectivity index (χ4n) is 2.28. The molecular formula is C15H20O3. The molecule has 98 valence electrons. The molecule has 0 heterocycles. The lowest BCUT2D eigenvalue weighted by Crippen LogP contribution is -2.48. The van der Waals surface area contributed by atoms with E-state index in [9.17, 15) is 14.7 Å². The van der Waals surface area contributed by atoms with E-state index in [1.807, 2.05) is 13.8 Å². The first-order chi connectivity index (χ1) is 8.23. The maximum atomic E-state index is 11.5. The number of aliphatic hydroxyl groups is 1. The van der Waals surface area contributed by atoms with E-state index in [1.54, 1.807) is 26.0 Å². The summed E-state index contributed by atoms with van der Waals surface area (Å²) in [6.07, 6.45) is 7.32. The molecule has 0 bridgehead atoms. The van der Waals surface area contributed by atoms with Crippen LogP contribution in [0.25, 0.3) is 0 Å². The zero-order valence-electron chi connectivity index (χ0n) is 11.4. The molecule has 0 aromatic heterocycles. The average molecular weight is 248 g/mol. The summed E-state index contributed by atoms with van der Waals surface area (Å²) in [5.74, 6) is 0.0377. The zero-order valence-corrected chi connectivity index (χ0v) is 11.4. The molecule has 1 unspecified atom stereocenters. The van der Waals surface area contributed by atoms with E-state index in [-0.39, 0.29) is 5.78 Å². The molecule has 0 saturated heterocycles. The fourth-order valence-corrected chi connectivity index (χ4v) is 2.28. The number of aldehydes is 1. The first kappa shape index (κ1) is 14.6. The van der Waals surface area contributed by atoms with Crippen LogP contribution in [-0.2, 0) is 9.59 Å². The Kier molecular flexibility index (Phi) is 4.07. The van der Waals surface area contributed by atoms with E-state index in [4.69, 9.17) is 0 Å². The summed E-state index contributed by atoms with van der Waals surface area (Å²) >= 11 is 0. The molecule has 1 aliphatic carbocycles. The highest BCUT2D eigenvalue weighted by atomic mass is 16.3. The van der Waals surface area contributed by atoms with E-state index in [1.165, 1.54) is 12.2 Å². The predicted octanol–water partition coefficient (Wildman–Crippen LogP) is 2.36. The molecule has 1 aliphatic rings. The van der Waals surface area contributed by atoms with Crippen molar-refractivity contribution in [1.82, 2.24) is 0 Å². The quantitative estimate of drug-likeness (QED) is 0.474. The molecule has 1 rings (SSSR count). The van der Waals surface area contributed by atoms with Gasteiger partial charge in [0.15, 0.2) is 5.78 Å². The summed E-state index contributed by atoms with van der Waals surface area (Å²) in [6, 6.07) is 0. The van der Waals surface area contributed by atoms with Crippen molar-refractivity contribution in [2.24, 2.45) is 5.41 Å². The lowest BCUT2D eigenvalue weighted by atomic mass is 9.64. The lowest BCUT2D eigenvalue weighted by molar-refractivity contribution is -0.121. The van der Waals surface area contributed by atoms with Crippen LogP contribution in [0.4, 0.5) is 0 Å². The average Bonchev–Trinajstić information content (AvgIpc) is 2.23. The Morgan fingerprint density at radius 3 is 2.56 bits per heavy atom. The van der Waals surface area contributed by atoms with Crippen LogP contribution in [0.5, 0.6) is 0 Å². The van der Waals surface area contributed by atoms with E-state index < -0.39 is 11.0 Å². The molecule has 3 nitrogen and oxygen atoms in total. The van der Waals surface area contributed by atoms with Crippen molar-refractivity contribution < 1.29 is 14.7 Å². The summed E-state index contributed by atoms with van der Waals surface area (Å²) in [4.78, 5) is 21.9. The third kappa shape index (κ3) is 2.67. The van der Waals surface area contributed by atoms with Crippen molar-refractivity contribution in [2.45, 2.75) is 39.7 Å². The van der Waals surface area contributed by atoms with Gasteiger partial charge >= 0.3 is 0 Å². The summed E-state index contributed by atoms with van der Waals surface area (Å²) < 4.78 is 0. The Bertz CT molecular complexity index is 452. The Labute approximate surface area is 108 Å². The summed E-state index contributed by atoms with van der Waals surface area (Å²) in [6.45, 7) is 7.27. The molecule has 0 aliphatic heterocycles. The van der Waals surface area contributed by atoms with Crippen molar-refractivity contribution >= 4 is 12.1 Å². The number of carbonyl (C=O) groups excluding carboxylic acids is 2. The van der Waals surface area contributed by atoms with Gasteiger partial charge in [0.2, 0.25) is 0 Å². The Hall–Kier alpha value is -1.48. The van der Waals surface area contributed by atoms with E-state index >= 15 is 0 Å². The van der Waals surface area contributed by atoms with E-state index in [2.05, 4.69) is 0 Å². The third-order valence-corrected chi connectivity index (χ3v) is 3.55. The Morgan fingerprint density at radius 1 is 1.44 bits per heavy atom. The van der Waals surface area contributed by atoms with Gasteiger partial charge in [0.25, 0.3) is 0 Å². The minimum Gasteiger partial charge on any atom is -0.381 e. The van der Waals surface area contributed by atoms with Crippen LogP contribution < -0.4 is 0 Å². The van der Waals surface area contributed by atoms with Crippen molar-refractivity contribution in [3.63, 3.8) is 0 Å². The van der Waals surface area contributed by atoms with Crippen molar-refractivity contribution in [1.29, 1.82) is 0 Å². The molecule has 1 atom stereocenters. The summed E-state index contributed by atoms with van der Waals surface area (Å²) in [7, 11) is 0. The van der Waals surface area contributed by atoms with Gasteiger partial charge in [0.1, 0.15) is 11.9 Å². The van der Waals surface area contributed by atoms with Crippen LogP contribution in [0.2, 0.25) is 0 Å². The molecule has 0 aromatic rings. The van der Waals surface area contributed by atoms with E-state index in [0.717, 1.165) is 5.57 Å². The van der Waals surface area contributed by atoms with E-state index in [0.29, 0.717) is 18.3 Å². The maximum absolute atomic E-state index is 11.5. The largest absolute Gasteiger partial charge is 0.381 e. The third-order valence-electron chi connectivity index (χ3n) is 3.55. The Morgan fingerprint density at radius 2 is 2.06 bits per heavy atom. The van der Waals surface area contributed by atoms with Crippen LogP contribution in [-0.4, -0.2) is 22.8 Å². The number of allylic oxidation sites excluding steroid dienone is 4. The van der Waals surface area contributed by atoms with Gasteiger partial charge in [-0.3, -0.25) is 9.59 Å². The standard InChI is InChI=1S/C15H20O3/c1-11(6-8-16)5-7-15(18)12(2)9-13(17)10-14(15,3)4/h5-9,18H,10H2,1-4H3/b7-5?,11-6-. The van der Waals surface area contributed by atoms with Crippen LogP contribution in [0, 0.1) is 5.41 Å². The Balaban J connectivity index is 3.17. The van der Waals surface area contributed by atoms with Gasteiger partial charge in [-0.1, -0.05) is 19.9 Å². The maximum Gasteiger partial charge on any atom is 0.156 e. The van der Waals surface area contributed by atoms with Crippen LogP contribution in [0.1, 0.15) is 34.1 Å². The van der Waals surface area contributed by atoms with Crippen molar-refractivity contribution in [2.75, 3.05) is 0 Å². The number of rotatable bonds is 3. The topological polar surface area (TPSA) is 54.4 Å². The monoisotopic (exact) mass is 248 g/mol. The van der Waals surface area contributed by atoms with Gasteiger partial charge in [0, 0.05) is 11.8 Å². The van der Waals surface area contributed by atoms with Crippen LogP contribution in [0.15, 0.2) is 35.5 Å². The first-order valence-corrected chi connectivity index (χ1v) is 5.98. The van der Waals surface area contributed by atoms with Gasteiger partial charge in [-0.25, -0.2) is 0 Å². The molecule has 0 amide bonds. The van der Waals surface area contributed by atoms with Crippen LogP contribution >= 0.6 is 0 Å². The van der Waals surface area contributed by atoms with Gasteiger partial charge in [-0.05, 0) is 43.2 Å². The van der Waals surface area contributed by atoms with Gasteiger partial charge in [-0.2, -0.15) is 0 Å². The summed E-state index contributed by atoms with van der Waals surface area (Å²) in [5, 5.41) is 10.8. The molecule has 0 spiro atoms. The minimum absolute atomic E-state index is 0.0377. The fraction of sp³-hybridized carbons (Fsp3) is 0.467. The summed E-state index contributed by atoms with van der Waals surface area (Å²) in [5.41, 5.74) is -0.308.